The lowest BCUT2D eigenvalue weighted by Crippen LogP contribution is -2.40. The molecule has 0 rings (SSSR count). The van der Waals surface area contributed by atoms with Crippen LogP contribution in [-0.2, 0) is 9.53 Å². The van der Waals surface area contributed by atoms with E-state index in [2.05, 4.69) is 0 Å². The predicted octanol–water partition coefficient (Wildman–Crippen LogP) is 2.52. The lowest BCUT2D eigenvalue weighted by Gasteiger charge is -2.28. The Labute approximate surface area is 102 Å². The van der Waals surface area contributed by atoms with Gasteiger partial charge in [0.05, 0.1) is 0 Å². The van der Waals surface area contributed by atoms with Gasteiger partial charge in [-0.3, -0.25) is 4.79 Å². The van der Waals surface area contributed by atoms with E-state index in [1.165, 1.54) is 23.6 Å². The lowest BCUT2D eigenvalue weighted by molar-refractivity contribution is -0.109. The van der Waals surface area contributed by atoms with Crippen molar-refractivity contribution in [2.75, 3.05) is 12.8 Å². The van der Waals surface area contributed by atoms with Gasteiger partial charge in [-0.2, -0.15) is 0 Å². The molecule has 5 heteroatoms. The highest BCUT2D eigenvalue weighted by molar-refractivity contribution is 8.13. The van der Waals surface area contributed by atoms with Crippen LogP contribution in [-0.4, -0.2) is 40.6 Å². The van der Waals surface area contributed by atoms with Crippen LogP contribution in [0.4, 0.5) is 4.79 Å². The Morgan fingerprint density at radius 3 is 2.25 bits per heavy atom. The summed E-state index contributed by atoms with van der Waals surface area (Å²) in [5.41, 5.74) is -0.487. The zero-order valence-electron chi connectivity index (χ0n) is 10.9. The highest BCUT2D eigenvalue weighted by Crippen LogP contribution is 2.13. The van der Waals surface area contributed by atoms with Crippen LogP contribution in [0, 0.1) is 0 Å². The van der Waals surface area contributed by atoms with Crippen molar-refractivity contribution in [3.8, 4) is 0 Å². The van der Waals surface area contributed by atoms with Gasteiger partial charge in [0.15, 0.2) is 5.12 Å². The van der Waals surface area contributed by atoms with Crippen molar-refractivity contribution in [2.45, 2.75) is 46.3 Å². The highest BCUT2D eigenvalue weighted by Gasteiger charge is 2.22. The number of hydrogen-bond donors (Lipinski definition) is 0. The summed E-state index contributed by atoms with van der Waals surface area (Å²) in [5.74, 6) is 0.588. The number of hydrogen-bond acceptors (Lipinski definition) is 4. The number of carbonyl (C=O) groups is 2. The number of carbonyl (C=O) groups excluding carboxylic acids is 2. The van der Waals surface area contributed by atoms with Crippen LogP contribution >= 0.6 is 11.8 Å². The standard InChI is InChI=1S/C11H21NO3S/c1-8(7-16-9(2)13)12(6)10(14)15-11(3,4)5/h8H,7H2,1-6H3. The van der Waals surface area contributed by atoms with Crippen LogP contribution in [0.2, 0.25) is 0 Å². The first-order chi connectivity index (χ1) is 7.13. The molecule has 0 saturated carbocycles. The second-order valence-corrected chi connectivity index (χ2v) is 5.94. The van der Waals surface area contributed by atoms with E-state index in [0.717, 1.165) is 0 Å². The average molecular weight is 247 g/mol. The van der Waals surface area contributed by atoms with Gasteiger partial charge in [-0.05, 0) is 27.7 Å². The van der Waals surface area contributed by atoms with Crippen molar-refractivity contribution in [2.24, 2.45) is 0 Å². The van der Waals surface area contributed by atoms with E-state index in [-0.39, 0.29) is 17.3 Å². The summed E-state index contributed by atoms with van der Waals surface area (Å²) < 4.78 is 5.22. The smallest absolute Gasteiger partial charge is 0.410 e. The van der Waals surface area contributed by atoms with Crippen LogP contribution in [0.3, 0.4) is 0 Å². The van der Waals surface area contributed by atoms with Crippen molar-refractivity contribution in [3.63, 3.8) is 0 Å². The third-order valence-corrected chi connectivity index (χ3v) is 2.93. The average Bonchev–Trinajstić information content (AvgIpc) is 2.10. The van der Waals surface area contributed by atoms with Gasteiger partial charge in [0.2, 0.25) is 0 Å². The molecule has 0 aliphatic heterocycles. The topological polar surface area (TPSA) is 46.6 Å². The minimum atomic E-state index is -0.487. The van der Waals surface area contributed by atoms with Gasteiger partial charge in [-0.1, -0.05) is 11.8 Å². The third kappa shape index (κ3) is 6.71. The highest BCUT2D eigenvalue weighted by atomic mass is 32.2. The second kappa shape index (κ2) is 6.13. The molecule has 0 saturated heterocycles. The maximum absolute atomic E-state index is 11.7. The lowest BCUT2D eigenvalue weighted by atomic mass is 10.2. The van der Waals surface area contributed by atoms with Crippen LogP contribution in [0.15, 0.2) is 0 Å². The van der Waals surface area contributed by atoms with Gasteiger partial charge in [0, 0.05) is 25.8 Å². The molecule has 1 unspecified atom stereocenters. The van der Waals surface area contributed by atoms with Crippen LogP contribution < -0.4 is 0 Å². The van der Waals surface area contributed by atoms with E-state index >= 15 is 0 Å². The second-order valence-electron chi connectivity index (χ2n) is 4.74. The molecule has 0 aliphatic rings. The van der Waals surface area contributed by atoms with Crippen molar-refractivity contribution in [3.05, 3.63) is 0 Å². The zero-order valence-corrected chi connectivity index (χ0v) is 11.7. The fourth-order valence-corrected chi connectivity index (χ4v) is 1.56. The minimum absolute atomic E-state index is 0.0243. The first-order valence-electron chi connectivity index (χ1n) is 5.22. The summed E-state index contributed by atoms with van der Waals surface area (Å²) in [6.07, 6.45) is -0.357. The predicted molar refractivity (Wildman–Crippen MR) is 66.6 cm³/mol. The van der Waals surface area contributed by atoms with Gasteiger partial charge in [-0.15, -0.1) is 0 Å². The summed E-state index contributed by atoms with van der Waals surface area (Å²) in [7, 11) is 1.68. The number of amides is 1. The van der Waals surface area contributed by atoms with Gasteiger partial charge in [0.25, 0.3) is 0 Å². The van der Waals surface area contributed by atoms with Crippen molar-refractivity contribution in [1.82, 2.24) is 4.90 Å². The van der Waals surface area contributed by atoms with Gasteiger partial charge >= 0.3 is 6.09 Å². The number of rotatable bonds is 3. The van der Waals surface area contributed by atoms with Gasteiger partial charge in [0.1, 0.15) is 5.60 Å². The molecule has 4 nitrogen and oxygen atoms in total. The Balaban J connectivity index is 4.16. The van der Waals surface area contributed by atoms with E-state index in [0.29, 0.717) is 5.75 Å². The Kier molecular flexibility index (Phi) is 5.86. The Morgan fingerprint density at radius 1 is 1.38 bits per heavy atom. The number of ether oxygens (including phenoxy) is 1. The number of thioether (sulfide) groups is 1. The fraction of sp³-hybridized carbons (Fsp3) is 0.818. The summed E-state index contributed by atoms with van der Waals surface area (Å²) in [6, 6.07) is -0.0243. The molecule has 0 heterocycles. The molecule has 0 aromatic carbocycles. The molecule has 0 aromatic rings. The minimum Gasteiger partial charge on any atom is -0.444 e. The molecule has 94 valence electrons. The Morgan fingerprint density at radius 2 is 1.88 bits per heavy atom. The van der Waals surface area contributed by atoms with E-state index in [9.17, 15) is 9.59 Å². The molecule has 0 spiro atoms. The van der Waals surface area contributed by atoms with Crippen molar-refractivity contribution < 1.29 is 14.3 Å². The van der Waals surface area contributed by atoms with Crippen LogP contribution in [0.5, 0.6) is 0 Å². The summed E-state index contributed by atoms with van der Waals surface area (Å²) >= 11 is 1.21. The number of nitrogens with zero attached hydrogens (tertiary/aromatic N) is 1. The maximum atomic E-state index is 11.7. The Hall–Kier alpha value is -0.710. The monoisotopic (exact) mass is 247 g/mol. The molecule has 0 aromatic heterocycles. The molecule has 0 radical (unpaired) electrons. The normalized spacial score (nSPS) is 13.1. The quantitative estimate of drug-likeness (QED) is 0.769. The third-order valence-electron chi connectivity index (χ3n) is 1.87. The first kappa shape index (κ1) is 15.3. The molecule has 0 bridgehead atoms. The molecule has 16 heavy (non-hydrogen) atoms. The summed E-state index contributed by atoms with van der Waals surface area (Å²) in [6.45, 7) is 8.89. The van der Waals surface area contributed by atoms with Crippen molar-refractivity contribution >= 4 is 23.0 Å². The SMILES string of the molecule is CC(=O)SCC(C)N(C)C(=O)OC(C)(C)C. The van der Waals surface area contributed by atoms with E-state index in [4.69, 9.17) is 4.74 Å². The maximum Gasteiger partial charge on any atom is 0.410 e. The largest absolute Gasteiger partial charge is 0.444 e. The Bertz CT molecular complexity index is 260. The molecular weight excluding hydrogens is 226 g/mol. The zero-order chi connectivity index (χ0) is 12.9. The van der Waals surface area contributed by atoms with E-state index < -0.39 is 5.60 Å². The van der Waals surface area contributed by atoms with Gasteiger partial charge in [-0.25, -0.2) is 4.79 Å². The summed E-state index contributed by atoms with van der Waals surface area (Å²) in [4.78, 5) is 24.0. The van der Waals surface area contributed by atoms with Gasteiger partial charge < -0.3 is 9.64 Å². The molecular formula is C11H21NO3S. The summed E-state index contributed by atoms with van der Waals surface area (Å²) in [5, 5.41) is 0.0597. The van der Waals surface area contributed by atoms with Crippen LogP contribution in [0.25, 0.3) is 0 Å². The first-order valence-corrected chi connectivity index (χ1v) is 6.21. The van der Waals surface area contributed by atoms with Crippen molar-refractivity contribution in [1.29, 1.82) is 0 Å². The van der Waals surface area contributed by atoms with E-state index in [1.54, 1.807) is 7.05 Å². The molecule has 0 aliphatic carbocycles. The molecule has 1 atom stereocenters. The fourth-order valence-electron chi connectivity index (χ4n) is 0.864. The van der Waals surface area contributed by atoms with E-state index in [1.807, 2.05) is 27.7 Å². The molecule has 0 fully saturated rings. The molecule has 0 N–H and O–H groups in total. The van der Waals surface area contributed by atoms with Crippen LogP contribution in [0.1, 0.15) is 34.6 Å². The molecule has 1 amide bonds.